The van der Waals surface area contributed by atoms with Crippen molar-refractivity contribution in [3.8, 4) is 0 Å². The molecule has 6 heteroatoms. The van der Waals surface area contributed by atoms with Crippen molar-refractivity contribution in [1.29, 1.82) is 0 Å². The van der Waals surface area contributed by atoms with Crippen LogP contribution in [0, 0.1) is 0 Å². The average molecular weight is 225 g/mol. The second-order valence-corrected chi connectivity index (χ2v) is 3.61. The Kier molecular flexibility index (Phi) is 4.04. The van der Waals surface area contributed by atoms with Gasteiger partial charge >= 0.3 is 5.97 Å². The second-order valence-electron chi connectivity index (χ2n) is 3.61. The molecule has 1 aromatic heterocycles. The van der Waals surface area contributed by atoms with Crippen molar-refractivity contribution >= 4 is 11.9 Å². The van der Waals surface area contributed by atoms with Crippen LogP contribution in [0.4, 0.5) is 5.95 Å². The molecule has 0 saturated heterocycles. The van der Waals surface area contributed by atoms with Gasteiger partial charge in [0.2, 0.25) is 5.95 Å². The van der Waals surface area contributed by atoms with Crippen LogP contribution in [0.1, 0.15) is 37.0 Å². The molecule has 0 aliphatic rings. The van der Waals surface area contributed by atoms with E-state index in [2.05, 4.69) is 22.2 Å². The molecule has 1 rings (SSSR count). The minimum absolute atomic E-state index is 0.184. The van der Waals surface area contributed by atoms with Crippen molar-refractivity contribution in [2.45, 2.75) is 32.7 Å². The summed E-state index contributed by atoms with van der Waals surface area (Å²) in [4.78, 5) is 28.1. The minimum atomic E-state index is -1.28. The monoisotopic (exact) mass is 225 g/mol. The zero-order valence-corrected chi connectivity index (χ0v) is 9.28. The number of carboxylic acids is 1. The third-order valence-electron chi connectivity index (χ3n) is 2.13. The third kappa shape index (κ3) is 3.08. The minimum Gasteiger partial charge on any atom is -0.477 e. The van der Waals surface area contributed by atoms with Gasteiger partial charge in [-0.15, -0.1) is 0 Å². The highest BCUT2D eigenvalue weighted by Crippen LogP contribution is 2.03. The molecule has 3 N–H and O–H groups in total. The maximum absolute atomic E-state index is 11.3. The number of aromatic nitrogens is 2. The standard InChI is InChI=1S/C10H15N3O3/c1-3-4-6(2)12-10-11-5-7(9(15)16)8(14)13-10/h5-6H,3-4H2,1-2H3,(H,15,16)(H2,11,12,13,14)/t6-/m0/s1. The summed E-state index contributed by atoms with van der Waals surface area (Å²) in [7, 11) is 0. The van der Waals surface area contributed by atoms with Gasteiger partial charge in [0, 0.05) is 6.04 Å². The number of nitrogens with one attached hydrogen (secondary N) is 2. The van der Waals surface area contributed by atoms with Crippen LogP contribution in [0.15, 0.2) is 11.0 Å². The molecule has 0 bridgehead atoms. The van der Waals surface area contributed by atoms with Crippen molar-refractivity contribution in [2.24, 2.45) is 0 Å². The van der Waals surface area contributed by atoms with Crippen molar-refractivity contribution in [1.82, 2.24) is 9.97 Å². The molecule has 1 aromatic rings. The largest absolute Gasteiger partial charge is 0.477 e. The first-order chi connectivity index (χ1) is 7.54. The van der Waals surface area contributed by atoms with Gasteiger partial charge < -0.3 is 10.4 Å². The maximum atomic E-state index is 11.3. The van der Waals surface area contributed by atoms with Crippen LogP contribution in [-0.4, -0.2) is 27.1 Å². The zero-order valence-electron chi connectivity index (χ0n) is 9.28. The van der Waals surface area contributed by atoms with Gasteiger partial charge in [0.25, 0.3) is 5.56 Å². The molecule has 0 aromatic carbocycles. The molecule has 0 saturated carbocycles. The number of aromatic carboxylic acids is 1. The van der Waals surface area contributed by atoms with E-state index < -0.39 is 11.5 Å². The molecule has 6 nitrogen and oxygen atoms in total. The number of nitrogens with zero attached hydrogens (tertiary/aromatic N) is 1. The fraction of sp³-hybridized carbons (Fsp3) is 0.500. The molecular weight excluding hydrogens is 210 g/mol. The molecule has 0 fully saturated rings. The second kappa shape index (κ2) is 5.29. The third-order valence-corrected chi connectivity index (χ3v) is 2.13. The van der Waals surface area contributed by atoms with Crippen LogP contribution in [0.25, 0.3) is 0 Å². The molecular formula is C10H15N3O3. The van der Waals surface area contributed by atoms with Crippen LogP contribution < -0.4 is 10.9 Å². The SMILES string of the molecule is CCC[C@H](C)Nc1ncc(C(=O)O)c(=O)[nH]1. The van der Waals surface area contributed by atoms with Crippen LogP contribution >= 0.6 is 0 Å². The molecule has 16 heavy (non-hydrogen) atoms. The summed E-state index contributed by atoms with van der Waals surface area (Å²) in [6, 6.07) is 0.184. The summed E-state index contributed by atoms with van der Waals surface area (Å²) in [6.45, 7) is 4.02. The fourth-order valence-electron chi connectivity index (χ4n) is 1.36. The van der Waals surface area contributed by atoms with Crippen LogP contribution in [0.3, 0.4) is 0 Å². The van der Waals surface area contributed by atoms with Gasteiger partial charge in [-0.05, 0) is 13.3 Å². The lowest BCUT2D eigenvalue weighted by molar-refractivity contribution is 0.0694. The Bertz CT molecular complexity index is 428. The van der Waals surface area contributed by atoms with Crippen molar-refractivity contribution < 1.29 is 9.90 Å². The number of hydrogen-bond donors (Lipinski definition) is 3. The van der Waals surface area contributed by atoms with E-state index in [0.717, 1.165) is 19.0 Å². The first-order valence-corrected chi connectivity index (χ1v) is 5.13. The van der Waals surface area contributed by atoms with Gasteiger partial charge in [-0.25, -0.2) is 9.78 Å². The van der Waals surface area contributed by atoms with Crippen LogP contribution in [-0.2, 0) is 0 Å². The lowest BCUT2D eigenvalue weighted by Gasteiger charge is -2.12. The van der Waals surface area contributed by atoms with E-state index in [-0.39, 0.29) is 11.6 Å². The zero-order chi connectivity index (χ0) is 12.1. The molecule has 0 amide bonds. The highest BCUT2D eigenvalue weighted by molar-refractivity contribution is 5.86. The van der Waals surface area contributed by atoms with Crippen molar-refractivity contribution in [3.05, 3.63) is 22.1 Å². The van der Waals surface area contributed by atoms with E-state index >= 15 is 0 Å². The fourth-order valence-corrected chi connectivity index (χ4v) is 1.36. The van der Waals surface area contributed by atoms with Crippen molar-refractivity contribution in [2.75, 3.05) is 5.32 Å². The summed E-state index contributed by atoms with van der Waals surface area (Å²) in [5.41, 5.74) is -0.998. The van der Waals surface area contributed by atoms with E-state index in [0.29, 0.717) is 5.95 Å². The highest BCUT2D eigenvalue weighted by Gasteiger charge is 2.10. The number of hydrogen-bond acceptors (Lipinski definition) is 4. The molecule has 88 valence electrons. The summed E-state index contributed by atoms with van der Waals surface area (Å²) in [5, 5.41) is 11.6. The lowest BCUT2D eigenvalue weighted by atomic mass is 10.2. The van der Waals surface area contributed by atoms with E-state index in [4.69, 9.17) is 5.11 Å². The molecule has 0 aliphatic carbocycles. The molecule has 1 heterocycles. The highest BCUT2D eigenvalue weighted by atomic mass is 16.4. The molecule has 0 radical (unpaired) electrons. The molecule has 1 atom stereocenters. The molecule has 0 aliphatic heterocycles. The van der Waals surface area contributed by atoms with E-state index in [1.54, 1.807) is 0 Å². The van der Waals surface area contributed by atoms with Crippen LogP contribution in [0.2, 0.25) is 0 Å². The Morgan fingerprint density at radius 1 is 1.69 bits per heavy atom. The van der Waals surface area contributed by atoms with Gasteiger partial charge in [-0.3, -0.25) is 9.78 Å². The van der Waals surface area contributed by atoms with Crippen LogP contribution in [0.5, 0.6) is 0 Å². The smallest absolute Gasteiger partial charge is 0.342 e. The van der Waals surface area contributed by atoms with Gasteiger partial charge in [-0.2, -0.15) is 0 Å². The number of rotatable bonds is 5. The summed E-state index contributed by atoms with van der Waals surface area (Å²) in [6.07, 6.45) is 3.03. The lowest BCUT2D eigenvalue weighted by Crippen LogP contribution is -2.23. The van der Waals surface area contributed by atoms with Gasteiger partial charge in [0.05, 0.1) is 6.20 Å². The Hall–Kier alpha value is -1.85. The Labute approximate surface area is 92.7 Å². The van der Waals surface area contributed by atoms with Gasteiger partial charge in [-0.1, -0.05) is 13.3 Å². The van der Waals surface area contributed by atoms with E-state index in [1.165, 1.54) is 0 Å². The number of H-pyrrole nitrogens is 1. The topological polar surface area (TPSA) is 95.1 Å². The summed E-state index contributed by atoms with van der Waals surface area (Å²) >= 11 is 0. The van der Waals surface area contributed by atoms with Gasteiger partial charge in [0.1, 0.15) is 5.56 Å². The van der Waals surface area contributed by atoms with E-state index in [1.807, 2.05) is 6.92 Å². The maximum Gasteiger partial charge on any atom is 0.342 e. The van der Waals surface area contributed by atoms with Crippen molar-refractivity contribution in [3.63, 3.8) is 0 Å². The number of aromatic amines is 1. The Balaban J connectivity index is 2.81. The number of carboxylic acid groups (broad SMARTS) is 1. The predicted octanol–water partition coefficient (Wildman–Crippen LogP) is 1.07. The predicted molar refractivity (Wildman–Crippen MR) is 59.8 cm³/mol. The first-order valence-electron chi connectivity index (χ1n) is 5.13. The molecule has 0 spiro atoms. The number of anilines is 1. The molecule has 0 unspecified atom stereocenters. The Morgan fingerprint density at radius 2 is 2.38 bits per heavy atom. The average Bonchev–Trinajstić information content (AvgIpc) is 2.17. The summed E-state index contributed by atoms with van der Waals surface area (Å²) in [5.74, 6) is -0.974. The van der Waals surface area contributed by atoms with Gasteiger partial charge in [0.15, 0.2) is 0 Å². The quantitative estimate of drug-likeness (QED) is 0.696. The number of carbonyl (C=O) groups is 1. The normalized spacial score (nSPS) is 12.1. The Morgan fingerprint density at radius 3 is 2.88 bits per heavy atom. The first kappa shape index (κ1) is 12.2. The van der Waals surface area contributed by atoms with E-state index in [9.17, 15) is 9.59 Å². The summed E-state index contributed by atoms with van der Waals surface area (Å²) < 4.78 is 0.